The van der Waals surface area contributed by atoms with Crippen molar-refractivity contribution < 1.29 is 0 Å². The van der Waals surface area contributed by atoms with Crippen LogP contribution >= 0.6 is 0 Å². The second-order valence-electron chi connectivity index (χ2n) is 3.13. The van der Waals surface area contributed by atoms with Crippen molar-refractivity contribution in [3.63, 3.8) is 0 Å². The fraction of sp³-hybridized carbons (Fsp3) is 0.364. The van der Waals surface area contributed by atoms with Gasteiger partial charge in [-0.25, -0.2) is 0 Å². The minimum Gasteiger partial charge on any atom is -0.269 e. The van der Waals surface area contributed by atoms with Gasteiger partial charge in [-0.05, 0) is 19.4 Å². The highest BCUT2D eigenvalue weighted by molar-refractivity contribution is 5.81. The first-order chi connectivity index (χ1) is 6.36. The molecule has 0 atom stereocenters. The molecule has 0 aliphatic heterocycles. The first kappa shape index (κ1) is 8.30. The number of fused-ring (bicyclic) bond motifs is 1. The van der Waals surface area contributed by atoms with Crippen LogP contribution in [0.3, 0.4) is 0 Å². The summed E-state index contributed by atoms with van der Waals surface area (Å²) < 4.78 is 2.09. The first-order valence-electron chi connectivity index (χ1n) is 4.81. The lowest BCUT2D eigenvalue weighted by Gasteiger charge is -2.00. The van der Waals surface area contributed by atoms with Crippen LogP contribution in [0.1, 0.15) is 19.5 Å². The van der Waals surface area contributed by atoms with Crippen LogP contribution in [-0.4, -0.2) is 9.78 Å². The maximum atomic E-state index is 4.52. The van der Waals surface area contributed by atoms with Crippen LogP contribution in [0, 0.1) is 0 Å². The topological polar surface area (TPSA) is 17.8 Å². The fourth-order valence-electron chi connectivity index (χ4n) is 1.77. The van der Waals surface area contributed by atoms with Crippen LogP contribution in [0.2, 0.25) is 0 Å². The molecule has 0 fully saturated rings. The smallest absolute Gasteiger partial charge is 0.0926 e. The van der Waals surface area contributed by atoms with E-state index in [1.165, 1.54) is 11.1 Å². The van der Waals surface area contributed by atoms with Gasteiger partial charge in [0, 0.05) is 17.6 Å². The van der Waals surface area contributed by atoms with Crippen molar-refractivity contribution in [2.45, 2.75) is 26.8 Å². The van der Waals surface area contributed by atoms with Crippen molar-refractivity contribution in [1.82, 2.24) is 9.78 Å². The van der Waals surface area contributed by atoms with Crippen molar-refractivity contribution in [3.8, 4) is 0 Å². The number of aryl methyl sites for hydroxylation is 2. The highest BCUT2D eigenvalue weighted by Crippen LogP contribution is 2.18. The third kappa shape index (κ3) is 1.22. The van der Waals surface area contributed by atoms with E-state index in [0.29, 0.717) is 0 Å². The third-order valence-corrected chi connectivity index (χ3v) is 2.39. The molecular weight excluding hydrogens is 160 g/mol. The molecule has 68 valence electrons. The standard InChI is InChI=1S/C11H14N2/c1-3-11-9-7-5-6-8-10(9)12-13(11)4-2/h5-8H,3-4H2,1-2H3. The van der Waals surface area contributed by atoms with Crippen molar-refractivity contribution in [2.75, 3.05) is 0 Å². The molecule has 0 spiro atoms. The molecule has 0 unspecified atom stereocenters. The summed E-state index contributed by atoms with van der Waals surface area (Å²) in [6.45, 7) is 5.26. The van der Waals surface area contributed by atoms with Gasteiger partial charge in [0.05, 0.1) is 5.52 Å². The normalized spacial score (nSPS) is 10.9. The SMILES string of the molecule is CCc1c2ccccc2nn1CC. The molecule has 0 radical (unpaired) electrons. The lowest BCUT2D eigenvalue weighted by Crippen LogP contribution is -2.00. The van der Waals surface area contributed by atoms with E-state index in [1.54, 1.807) is 0 Å². The zero-order valence-electron chi connectivity index (χ0n) is 8.12. The maximum Gasteiger partial charge on any atom is 0.0926 e. The molecule has 13 heavy (non-hydrogen) atoms. The number of rotatable bonds is 2. The Balaban J connectivity index is 2.73. The second-order valence-corrected chi connectivity index (χ2v) is 3.13. The highest BCUT2D eigenvalue weighted by Gasteiger charge is 2.06. The molecule has 0 saturated carbocycles. The minimum atomic E-state index is 0.956. The van der Waals surface area contributed by atoms with Crippen LogP contribution in [0.25, 0.3) is 10.9 Å². The molecule has 2 heteroatoms. The van der Waals surface area contributed by atoms with Gasteiger partial charge in [-0.1, -0.05) is 25.1 Å². The zero-order chi connectivity index (χ0) is 9.26. The molecule has 2 nitrogen and oxygen atoms in total. The van der Waals surface area contributed by atoms with E-state index in [4.69, 9.17) is 0 Å². The fourth-order valence-corrected chi connectivity index (χ4v) is 1.77. The summed E-state index contributed by atoms with van der Waals surface area (Å²) in [5.74, 6) is 0. The molecule has 0 saturated heterocycles. The Morgan fingerprint density at radius 2 is 2.00 bits per heavy atom. The largest absolute Gasteiger partial charge is 0.269 e. The van der Waals surface area contributed by atoms with Gasteiger partial charge in [0.1, 0.15) is 0 Å². The summed E-state index contributed by atoms with van der Waals surface area (Å²) in [6.07, 6.45) is 1.05. The van der Waals surface area contributed by atoms with E-state index >= 15 is 0 Å². The molecule has 0 bridgehead atoms. The lowest BCUT2D eigenvalue weighted by molar-refractivity contribution is 0.633. The van der Waals surface area contributed by atoms with Crippen LogP contribution in [0.4, 0.5) is 0 Å². The number of aromatic nitrogens is 2. The van der Waals surface area contributed by atoms with E-state index in [-0.39, 0.29) is 0 Å². The third-order valence-electron chi connectivity index (χ3n) is 2.39. The monoisotopic (exact) mass is 174 g/mol. The summed E-state index contributed by atoms with van der Waals surface area (Å²) >= 11 is 0. The van der Waals surface area contributed by atoms with E-state index in [9.17, 15) is 0 Å². The number of nitrogens with zero attached hydrogens (tertiary/aromatic N) is 2. The minimum absolute atomic E-state index is 0.956. The number of hydrogen-bond donors (Lipinski definition) is 0. The Bertz CT molecular complexity index is 415. The van der Waals surface area contributed by atoms with Crippen LogP contribution in [-0.2, 0) is 13.0 Å². The maximum absolute atomic E-state index is 4.52. The molecule has 0 aliphatic carbocycles. The van der Waals surface area contributed by atoms with Crippen molar-refractivity contribution in [3.05, 3.63) is 30.0 Å². The van der Waals surface area contributed by atoms with Crippen LogP contribution in [0.5, 0.6) is 0 Å². The Hall–Kier alpha value is -1.31. The molecule has 1 aromatic heterocycles. The molecule has 2 aromatic rings. The molecule has 2 rings (SSSR count). The van der Waals surface area contributed by atoms with Gasteiger partial charge in [0.2, 0.25) is 0 Å². The first-order valence-corrected chi connectivity index (χ1v) is 4.81. The van der Waals surface area contributed by atoms with Gasteiger partial charge >= 0.3 is 0 Å². The molecule has 0 amide bonds. The van der Waals surface area contributed by atoms with Gasteiger partial charge < -0.3 is 0 Å². The Kier molecular flexibility index (Phi) is 2.05. The van der Waals surface area contributed by atoms with E-state index in [2.05, 4.69) is 41.8 Å². The predicted octanol–water partition coefficient (Wildman–Crippen LogP) is 2.62. The van der Waals surface area contributed by atoms with E-state index in [0.717, 1.165) is 18.5 Å². The van der Waals surface area contributed by atoms with Gasteiger partial charge in [-0.3, -0.25) is 4.68 Å². The van der Waals surface area contributed by atoms with Crippen LogP contribution in [0.15, 0.2) is 24.3 Å². The van der Waals surface area contributed by atoms with E-state index in [1.807, 2.05) is 6.07 Å². The molecule has 1 aromatic carbocycles. The Morgan fingerprint density at radius 1 is 1.23 bits per heavy atom. The quantitative estimate of drug-likeness (QED) is 0.684. The van der Waals surface area contributed by atoms with Crippen molar-refractivity contribution >= 4 is 10.9 Å². The van der Waals surface area contributed by atoms with Gasteiger partial charge in [-0.15, -0.1) is 0 Å². The zero-order valence-corrected chi connectivity index (χ0v) is 8.12. The average molecular weight is 174 g/mol. The molecule has 0 aliphatic rings. The van der Waals surface area contributed by atoms with Gasteiger partial charge in [0.15, 0.2) is 0 Å². The highest BCUT2D eigenvalue weighted by atomic mass is 15.3. The van der Waals surface area contributed by atoms with Gasteiger partial charge in [-0.2, -0.15) is 5.10 Å². The lowest BCUT2D eigenvalue weighted by atomic mass is 10.2. The summed E-state index contributed by atoms with van der Waals surface area (Å²) in [5, 5.41) is 5.82. The summed E-state index contributed by atoms with van der Waals surface area (Å²) in [4.78, 5) is 0. The Morgan fingerprint density at radius 3 is 2.69 bits per heavy atom. The summed E-state index contributed by atoms with van der Waals surface area (Å²) in [6, 6.07) is 8.33. The predicted molar refractivity (Wildman–Crippen MR) is 54.8 cm³/mol. The number of benzene rings is 1. The summed E-state index contributed by atoms with van der Waals surface area (Å²) in [7, 11) is 0. The van der Waals surface area contributed by atoms with Crippen molar-refractivity contribution in [1.29, 1.82) is 0 Å². The summed E-state index contributed by atoms with van der Waals surface area (Å²) in [5.41, 5.74) is 2.46. The van der Waals surface area contributed by atoms with E-state index < -0.39 is 0 Å². The van der Waals surface area contributed by atoms with Crippen molar-refractivity contribution in [2.24, 2.45) is 0 Å². The molecule has 1 heterocycles. The molecule has 0 N–H and O–H groups in total. The van der Waals surface area contributed by atoms with Crippen LogP contribution < -0.4 is 0 Å². The van der Waals surface area contributed by atoms with Gasteiger partial charge in [0.25, 0.3) is 0 Å². The Labute approximate surface area is 78.2 Å². The molecular formula is C11H14N2. The second kappa shape index (κ2) is 3.21. The number of hydrogen-bond acceptors (Lipinski definition) is 1. The average Bonchev–Trinajstić information content (AvgIpc) is 2.55.